The average molecular weight is 554 g/mol. The number of carbonyl (C=O) groups excluding carboxylic acids is 1. The molecule has 208 valence electrons. The van der Waals surface area contributed by atoms with E-state index in [0.717, 1.165) is 41.3 Å². The van der Waals surface area contributed by atoms with Gasteiger partial charge >= 0.3 is 6.09 Å². The third-order valence-corrected chi connectivity index (χ3v) is 9.21. The number of nitrogens with one attached hydrogen (secondary N) is 2. The Labute approximate surface area is 229 Å². The second-order valence-electron chi connectivity index (χ2n) is 10.3. The third kappa shape index (κ3) is 6.09. The summed E-state index contributed by atoms with van der Waals surface area (Å²) in [5.74, 6) is 1.11. The van der Waals surface area contributed by atoms with Gasteiger partial charge in [0.05, 0.1) is 28.3 Å². The lowest BCUT2D eigenvalue weighted by Gasteiger charge is -2.42. The number of rotatable bonds is 9. The quantitative estimate of drug-likeness (QED) is 0.381. The van der Waals surface area contributed by atoms with Crippen molar-refractivity contribution in [3.8, 4) is 0 Å². The second-order valence-corrected chi connectivity index (χ2v) is 12.4. The lowest BCUT2D eigenvalue weighted by molar-refractivity contribution is 0.103. The zero-order valence-corrected chi connectivity index (χ0v) is 23.2. The zero-order chi connectivity index (χ0) is 27.5. The Balaban J connectivity index is 1.39. The number of anilines is 2. The standard InChI is InChI=1S/C28H35N5O5S/c1-20-9-10-23-22(17-20)25(29-19-28(11-5-12-28)32-27(34)38-15-6-14-37-2)31-26(30-23)33-13-16-39(35,36)24-8-4-3-7-21(24)18-33/h3-4,7-10,17H,5-6,11-16,18-19H2,1-2H3,(H,32,34)(H,29,30,31). The summed E-state index contributed by atoms with van der Waals surface area (Å²) in [4.78, 5) is 24.4. The second kappa shape index (κ2) is 11.4. The van der Waals surface area contributed by atoms with Crippen LogP contribution in [-0.2, 0) is 25.9 Å². The molecular weight excluding hydrogens is 518 g/mol. The number of carbonyl (C=O) groups is 1. The molecule has 11 heteroatoms. The van der Waals surface area contributed by atoms with Crippen LogP contribution in [-0.4, -0.2) is 69.2 Å². The average Bonchev–Trinajstić information content (AvgIpc) is 3.03. The van der Waals surface area contributed by atoms with Crippen LogP contribution in [0, 0.1) is 6.92 Å². The molecular formula is C28H35N5O5S. The maximum atomic E-state index is 12.9. The van der Waals surface area contributed by atoms with Crippen molar-refractivity contribution in [2.45, 2.75) is 49.6 Å². The smallest absolute Gasteiger partial charge is 0.407 e. The van der Waals surface area contributed by atoms with E-state index in [9.17, 15) is 13.2 Å². The predicted octanol–water partition coefficient (Wildman–Crippen LogP) is 3.83. The largest absolute Gasteiger partial charge is 0.449 e. The lowest BCUT2D eigenvalue weighted by Crippen LogP contribution is -2.58. The number of amides is 1. The SMILES string of the molecule is COCCCOC(=O)NC1(CNc2nc(N3CCS(=O)(=O)c4ccccc4C3)nc3ccc(C)cc23)CCC1. The predicted molar refractivity (Wildman–Crippen MR) is 150 cm³/mol. The minimum Gasteiger partial charge on any atom is -0.449 e. The first kappa shape index (κ1) is 27.1. The lowest BCUT2D eigenvalue weighted by atomic mass is 9.76. The van der Waals surface area contributed by atoms with Crippen LogP contribution >= 0.6 is 0 Å². The van der Waals surface area contributed by atoms with Crippen LogP contribution in [0.3, 0.4) is 0 Å². The van der Waals surface area contributed by atoms with Gasteiger partial charge < -0.3 is 25.0 Å². The number of hydrogen-bond donors (Lipinski definition) is 2. The van der Waals surface area contributed by atoms with Crippen molar-refractivity contribution >= 4 is 38.6 Å². The molecule has 39 heavy (non-hydrogen) atoms. The molecule has 2 heterocycles. The van der Waals surface area contributed by atoms with Gasteiger partial charge in [-0.25, -0.2) is 18.2 Å². The molecule has 1 fully saturated rings. The van der Waals surface area contributed by atoms with Gasteiger partial charge in [0.25, 0.3) is 0 Å². The van der Waals surface area contributed by atoms with Crippen molar-refractivity contribution in [2.24, 2.45) is 0 Å². The summed E-state index contributed by atoms with van der Waals surface area (Å²) in [5, 5.41) is 7.41. The van der Waals surface area contributed by atoms with Crippen LogP contribution < -0.4 is 15.5 Å². The Morgan fingerprint density at radius 2 is 1.95 bits per heavy atom. The van der Waals surface area contributed by atoms with E-state index in [4.69, 9.17) is 19.4 Å². The van der Waals surface area contributed by atoms with Crippen LogP contribution in [0.15, 0.2) is 47.4 Å². The highest BCUT2D eigenvalue weighted by Crippen LogP contribution is 2.34. The Bertz CT molecular complexity index is 1460. The fourth-order valence-electron chi connectivity index (χ4n) is 5.06. The molecule has 3 aromatic rings. The number of sulfone groups is 1. The molecule has 10 nitrogen and oxygen atoms in total. The van der Waals surface area contributed by atoms with Gasteiger partial charge in [-0.3, -0.25) is 0 Å². The fourth-order valence-corrected chi connectivity index (χ4v) is 6.56. The molecule has 0 atom stereocenters. The van der Waals surface area contributed by atoms with E-state index < -0.39 is 21.5 Å². The van der Waals surface area contributed by atoms with Crippen molar-refractivity contribution in [3.05, 3.63) is 53.6 Å². The number of alkyl carbamates (subject to hydrolysis) is 1. The number of hydrogen-bond acceptors (Lipinski definition) is 9. The molecule has 2 aromatic carbocycles. The Morgan fingerprint density at radius 1 is 1.13 bits per heavy atom. The van der Waals surface area contributed by atoms with E-state index in [1.54, 1.807) is 19.2 Å². The van der Waals surface area contributed by atoms with Crippen LogP contribution in [0.2, 0.25) is 0 Å². The minimum atomic E-state index is -3.40. The van der Waals surface area contributed by atoms with Crippen LogP contribution in [0.1, 0.15) is 36.8 Å². The van der Waals surface area contributed by atoms with Crippen LogP contribution in [0.25, 0.3) is 10.9 Å². The van der Waals surface area contributed by atoms with Crippen molar-refractivity contribution < 1.29 is 22.7 Å². The Kier molecular flexibility index (Phi) is 7.90. The van der Waals surface area contributed by atoms with Crippen molar-refractivity contribution in [2.75, 3.05) is 49.4 Å². The van der Waals surface area contributed by atoms with E-state index >= 15 is 0 Å². The van der Waals surface area contributed by atoms with Crippen molar-refractivity contribution in [1.82, 2.24) is 15.3 Å². The number of benzene rings is 2. The summed E-state index contributed by atoms with van der Waals surface area (Å²) >= 11 is 0. The fraction of sp³-hybridized carbons (Fsp3) is 0.464. The molecule has 0 saturated heterocycles. The molecule has 1 aliphatic carbocycles. The normalized spacial score (nSPS) is 17.5. The van der Waals surface area contributed by atoms with Gasteiger partial charge in [-0.1, -0.05) is 29.8 Å². The molecule has 2 aliphatic rings. The van der Waals surface area contributed by atoms with Crippen molar-refractivity contribution in [3.63, 3.8) is 0 Å². The molecule has 1 saturated carbocycles. The molecule has 1 aromatic heterocycles. The number of methoxy groups -OCH3 is 1. The van der Waals surface area contributed by atoms with Gasteiger partial charge in [0, 0.05) is 45.2 Å². The first-order valence-corrected chi connectivity index (χ1v) is 15.0. The number of fused-ring (bicyclic) bond motifs is 2. The van der Waals surface area contributed by atoms with Gasteiger partial charge in [0.1, 0.15) is 5.82 Å². The van der Waals surface area contributed by atoms with Crippen LogP contribution in [0.4, 0.5) is 16.6 Å². The van der Waals surface area contributed by atoms with E-state index in [1.165, 1.54) is 0 Å². The minimum absolute atomic E-state index is 0.0123. The zero-order valence-electron chi connectivity index (χ0n) is 22.4. The molecule has 1 amide bonds. The van der Waals surface area contributed by atoms with E-state index in [0.29, 0.717) is 49.4 Å². The van der Waals surface area contributed by atoms with Crippen molar-refractivity contribution in [1.29, 1.82) is 0 Å². The van der Waals surface area contributed by atoms with E-state index in [-0.39, 0.29) is 12.3 Å². The molecule has 0 radical (unpaired) electrons. The highest BCUT2D eigenvalue weighted by molar-refractivity contribution is 7.91. The summed E-state index contributed by atoms with van der Waals surface area (Å²) in [6.07, 6.45) is 2.90. The van der Waals surface area contributed by atoms with Gasteiger partial charge in [-0.15, -0.1) is 0 Å². The summed E-state index contributed by atoms with van der Waals surface area (Å²) in [6.45, 7) is 4.02. The molecule has 5 rings (SSSR count). The maximum absolute atomic E-state index is 12.9. The highest BCUT2D eigenvalue weighted by Gasteiger charge is 2.39. The maximum Gasteiger partial charge on any atom is 0.407 e. The monoisotopic (exact) mass is 553 g/mol. The number of nitrogens with zero attached hydrogens (tertiary/aromatic N) is 3. The summed E-state index contributed by atoms with van der Waals surface area (Å²) < 4.78 is 36.1. The summed E-state index contributed by atoms with van der Waals surface area (Å²) in [6, 6.07) is 13.1. The van der Waals surface area contributed by atoms with Gasteiger partial charge in [-0.2, -0.15) is 4.98 Å². The topological polar surface area (TPSA) is 123 Å². The van der Waals surface area contributed by atoms with Gasteiger partial charge in [0.2, 0.25) is 5.95 Å². The number of aromatic nitrogens is 2. The summed E-state index contributed by atoms with van der Waals surface area (Å²) in [5.41, 5.74) is 2.16. The molecule has 0 unspecified atom stereocenters. The Hall–Kier alpha value is -3.44. The highest BCUT2D eigenvalue weighted by atomic mass is 32.2. The van der Waals surface area contributed by atoms with E-state index in [2.05, 4.69) is 10.6 Å². The molecule has 2 N–H and O–H groups in total. The van der Waals surface area contributed by atoms with E-state index in [1.807, 2.05) is 42.2 Å². The molecule has 1 aliphatic heterocycles. The van der Waals surface area contributed by atoms with Gasteiger partial charge in [-0.05, 0) is 49.9 Å². The number of aryl methyl sites for hydroxylation is 1. The van der Waals surface area contributed by atoms with Gasteiger partial charge in [0.15, 0.2) is 9.84 Å². The first-order chi connectivity index (χ1) is 18.8. The molecule has 0 spiro atoms. The third-order valence-electron chi connectivity index (χ3n) is 7.42. The number of ether oxygens (including phenoxy) is 2. The summed E-state index contributed by atoms with van der Waals surface area (Å²) in [7, 11) is -1.78. The first-order valence-electron chi connectivity index (χ1n) is 13.3. The Morgan fingerprint density at radius 3 is 2.72 bits per heavy atom. The van der Waals surface area contributed by atoms with Crippen LogP contribution in [0.5, 0.6) is 0 Å². The molecule has 0 bridgehead atoms.